The summed E-state index contributed by atoms with van der Waals surface area (Å²) in [4.78, 5) is 18.7. The van der Waals surface area contributed by atoms with E-state index in [4.69, 9.17) is 4.74 Å². The Morgan fingerprint density at radius 3 is 2.55 bits per heavy atom. The van der Waals surface area contributed by atoms with Gasteiger partial charge in [-0.15, -0.1) is 6.58 Å². The summed E-state index contributed by atoms with van der Waals surface area (Å²) in [5.41, 5.74) is 1.85. The van der Waals surface area contributed by atoms with Gasteiger partial charge in [-0.1, -0.05) is 42.5 Å². The van der Waals surface area contributed by atoms with Crippen molar-refractivity contribution in [3.05, 3.63) is 66.9 Å². The highest BCUT2D eigenvalue weighted by Gasteiger charge is 2.27. The molecule has 8 heteroatoms. The molecular formula is C21H25N3O4S. The number of aromatic nitrogens is 1. The van der Waals surface area contributed by atoms with Crippen LogP contribution in [0.1, 0.15) is 31.2 Å². The van der Waals surface area contributed by atoms with Crippen LogP contribution in [0.4, 0.5) is 4.79 Å². The minimum absolute atomic E-state index is 0.289. The summed E-state index contributed by atoms with van der Waals surface area (Å²) in [5.74, 6) is -0.289. The number of nitrogens with zero attached hydrogens (tertiary/aromatic N) is 2. The van der Waals surface area contributed by atoms with Crippen molar-refractivity contribution in [3.8, 4) is 11.3 Å². The molecule has 1 fully saturated rings. The maximum Gasteiger partial charge on any atom is 0.411 e. The number of piperidine rings is 1. The zero-order chi connectivity index (χ0) is 20.7. The summed E-state index contributed by atoms with van der Waals surface area (Å²) < 4.78 is 32.6. The van der Waals surface area contributed by atoms with Crippen LogP contribution in [-0.2, 0) is 14.8 Å². The van der Waals surface area contributed by atoms with Gasteiger partial charge in [-0.3, -0.25) is 0 Å². The number of amides is 1. The van der Waals surface area contributed by atoms with E-state index in [1.54, 1.807) is 17.0 Å². The molecule has 0 aliphatic carbocycles. The first-order valence-corrected chi connectivity index (χ1v) is 11.2. The molecule has 1 N–H and O–H groups in total. The second kappa shape index (κ2) is 9.67. The average Bonchev–Trinajstić information content (AvgIpc) is 2.74. The van der Waals surface area contributed by atoms with Crippen molar-refractivity contribution in [1.82, 2.24) is 14.6 Å². The van der Waals surface area contributed by atoms with Crippen LogP contribution >= 0.6 is 0 Å². The second-order valence-corrected chi connectivity index (χ2v) is 8.61. The van der Waals surface area contributed by atoms with Crippen LogP contribution in [0.15, 0.2) is 61.2 Å². The van der Waals surface area contributed by atoms with E-state index < -0.39 is 22.3 Å². The molecule has 7 nitrogen and oxygen atoms in total. The standard InChI is InChI=1S/C21H25N3O4S/c1-2-16-29(26,27)23-20(28-21(25)24-14-7-4-8-15-24)19-13-9-12-18(22-19)17-10-5-3-6-11-17/h2-3,5-6,9-13,20,23H,1,4,7-8,14-16H2. The zero-order valence-corrected chi connectivity index (χ0v) is 17.0. The Morgan fingerprint density at radius 1 is 1.14 bits per heavy atom. The van der Waals surface area contributed by atoms with Crippen molar-refractivity contribution in [3.63, 3.8) is 0 Å². The van der Waals surface area contributed by atoms with Gasteiger partial charge in [-0.25, -0.2) is 18.2 Å². The van der Waals surface area contributed by atoms with Gasteiger partial charge in [0.15, 0.2) is 0 Å². The number of pyridine rings is 1. The van der Waals surface area contributed by atoms with Crippen LogP contribution in [0.25, 0.3) is 11.3 Å². The maximum atomic E-state index is 12.6. The maximum absolute atomic E-state index is 12.6. The number of carbonyl (C=O) groups excluding carboxylic acids is 1. The van der Waals surface area contributed by atoms with Crippen LogP contribution < -0.4 is 4.72 Å². The van der Waals surface area contributed by atoms with Crippen LogP contribution in [0.2, 0.25) is 0 Å². The largest absolute Gasteiger partial charge is 0.423 e. The van der Waals surface area contributed by atoms with Gasteiger partial charge < -0.3 is 9.64 Å². The van der Waals surface area contributed by atoms with Gasteiger partial charge in [0.1, 0.15) is 0 Å². The molecule has 1 amide bonds. The lowest BCUT2D eigenvalue weighted by atomic mass is 10.1. The molecule has 3 rings (SSSR count). The number of sulfonamides is 1. The van der Waals surface area contributed by atoms with Gasteiger partial charge in [-0.05, 0) is 31.4 Å². The molecule has 0 bridgehead atoms. The van der Waals surface area contributed by atoms with E-state index in [9.17, 15) is 13.2 Å². The molecule has 1 aromatic heterocycles. The number of carbonyl (C=O) groups is 1. The van der Waals surface area contributed by atoms with E-state index in [1.165, 1.54) is 6.08 Å². The lowest BCUT2D eigenvalue weighted by Gasteiger charge is -2.28. The molecule has 0 saturated carbocycles. The quantitative estimate of drug-likeness (QED) is 0.552. The number of nitrogens with one attached hydrogen (secondary N) is 1. The highest BCUT2D eigenvalue weighted by atomic mass is 32.2. The number of rotatable bonds is 7. The summed E-state index contributed by atoms with van der Waals surface area (Å²) >= 11 is 0. The van der Waals surface area contributed by atoms with Gasteiger partial charge in [-0.2, -0.15) is 4.72 Å². The molecule has 29 heavy (non-hydrogen) atoms. The molecule has 1 aliphatic rings. The molecule has 1 aromatic carbocycles. The normalized spacial score (nSPS) is 15.5. The average molecular weight is 416 g/mol. The van der Waals surface area contributed by atoms with E-state index in [-0.39, 0.29) is 5.75 Å². The Kier molecular flexibility index (Phi) is 7.00. The summed E-state index contributed by atoms with van der Waals surface area (Å²) in [6, 6.07) is 14.7. The van der Waals surface area contributed by atoms with Crippen molar-refractivity contribution >= 4 is 16.1 Å². The lowest BCUT2D eigenvalue weighted by Crippen LogP contribution is -2.40. The minimum Gasteiger partial charge on any atom is -0.423 e. The van der Waals surface area contributed by atoms with Gasteiger partial charge >= 0.3 is 6.09 Å². The molecule has 0 spiro atoms. The van der Waals surface area contributed by atoms with E-state index in [0.29, 0.717) is 24.5 Å². The first-order chi connectivity index (χ1) is 14.0. The lowest BCUT2D eigenvalue weighted by molar-refractivity contribution is 0.0510. The Bertz CT molecular complexity index is 941. The number of hydrogen-bond donors (Lipinski definition) is 1. The Balaban J connectivity index is 1.88. The Labute approximate surface area is 171 Å². The summed E-state index contributed by atoms with van der Waals surface area (Å²) in [6.45, 7) is 4.66. The summed E-state index contributed by atoms with van der Waals surface area (Å²) in [7, 11) is -3.74. The van der Waals surface area contributed by atoms with Gasteiger partial charge in [0.05, 0.1) is 17.1 Å². The molecule has 154 valence electrons. The van der Waals surface area contributed by atoms with Gasteiger partial charge in [0, 0.05) is 18.7 Å². The van der Waals surface area contributed by atoms with Crippen molar-refractivity contribution in [2.24, 2.45) is 0 Å². The van der Waals surface area contributed by atoms with E-state index in [2.05, 4.69) is 16.3 Å². The monoisotopic (exact) mass is 415 g/mol. The van der Waals surface area contributed by atoms with Crippen LogP contribution in [0, 0.1) is 0 Å². The smallest absolute Gasteiger partial charge is 0.411 e. The second-order valence-electron chi connectivity index (χ2n) is 6.81. The van der Waals surface area contributed by atoms with Gasteiger partial charge in [0.25, 0.3) is 0 Å². The Morgan fingerprint density at radius 2 is 1.86 bits per heavy atom. The molecule has 1 unspecified atom stereocenters. The molecule has 1 atom stereocenters. The van der Waals surface area contributed by atoms with Crippen molar-refractivity contribution in [1.29, 1.82) is 0 Å². The summed E-state index contributed by atoms with van der Waals surface area (Å²) in [6.07, 6.45) is 2.38. The fourth-order valence-electron chi connectivity index (χ4n) is 3.13. The molecule has 1 aliphatic heterocycles. The van der Waals surface area contributed by atoms with E-state index in [0.717, 1.165) is 24.8 Å². The topological polar surface area (TPSA) is 88.6 Å². The predicted molar refractivity (Wildman–Crippen MR) is 111 cm³/mol. The summed E-state index contributed by atoms with van der Waals surface area (Å²) in [5, 5.41) is 0. The third-order valence-electron chi connectivity index (χ3n) is 4.57. The van der Waals surface area contributed by atoms with Crippen molar-refractivity contribution in [2.45, 2.75) is 25.5 Å². The molecule has 0 radical (unpaired) electrons. The minimum atomic E-state index is -3.74. The van der Waals surface area contributed by atoms with Crippen LogP contribution in [0.3, 0.4) is 0 Å². The predicted octanol–water partition coefficient (Wildman–Crippen LogP) is 3.48. The van der Waals surface area contributed by atoms with Crippen LogP contribution in [-0.4, -0.2) is 43.2 Å². The van der Waals surface area contributed by atoms with Crippen molar-refractivity contribution in [2.75, 3.05) is 18.8 Å². The van der Waals surface area contributed by atoms with E-state index >= 15 is 0 Å². The third-order valence-corrected chi connectivity index (χ3v) is 5.81. The Hall–Kier alpha value is -2.71. The molecular weight excluding hydrogens is 390 g/mol. The van der Waals surface area contributed by atoms with E-state index in [1.807, 2.05) is 36.4 Å². The number of likely N-dealkylation sites (tertiary alicyclic amines) is 1. The number of hydrogen-bond acceptors (Lipinski definition) is 5. The molecule has 2 aromatic rings. The fourth-order valence-corrected chi connectivity index (χ4v) is 4.03. The first-order valence-electron chi connectivity index (χ1n) is 9.57. The number of ether oxygens (including phenoxy) is 1. The highest BCUT2D eigenvalue weighted by molar-refractivity contribution is 7.89. The number of benzene rings is 1. The van der Waals surface area contributed by atoms with Gasteiger partial charge in [0.2, 0.25) is 16.3 Å². The molecule has 1 saturated heterocycles. The van der Waals surface area contributed by atoms with Crippen LogP contribution in [0.5, 0.6) is 0 Å². The third kappa shape index (κ3) is 5.88. The first kappa shape index (κ1) is 21.0. The molecule has 2 heterocycles. The van der Waals surface area contributed by atoms with Crippen molar-refractivity contribution < 1.29 is 17.9 Å². The fraction of sp³-hybridized carbons (Fsp3) is 0.333. The zero-order valence-electron chi connectivity index (χ0n) is 16.2. The highest BCUT2D eigenvalue weighted by Crippen LogP contribution is 2.22. The SMILES string of the molecule is C=CCS(=O)(=O)NC(OC(=O)N1CCCCC1)c1cccc(-c2ccccc2)n1.